The van der Waals surface area contributed by atoms with Gasteiger partial charge in [0, 0.05) is 43.7 Å². The lowest BCUT2D eigenvalue weighted by Crippen LogP contribution is -2.41. The van der Waals surface area contributed by atoms with Crippen molar-refractivity contribution in [1.29, 1.82) is 0 Å². The van der Waals surface area contributed by atoms with E-state index in [1.165, 1.54) is 0 Å². The second-order valence-corrected chi connectivity index (χ2v) is 7.01. The van der Waals surface area contributed by atoms with Crippen LogP contribution in [0, 0.1) is 0 Å². The first-order valence-corrected chi connectivity index (χ1v) is 9.68. The summed E-state index contributed by atoms with van der Waals surface area (Å²) >= 11 is 0. The highest BCUT2D eigenvalue weighted by molar-refractivity contribution is 5.95. The third kappa shape index (κ3) is 3.85. The van der Waals surface area contributed by atoms with Gasteiger partial charge in [0.25, 0.3) is 5.91 Å². The van der Waals surface area contributed by atoms with Gasteiger partial charge in [0.15, 0.2) is 0 Å². The van der Waals surface area contributed by atoms with Gasteiger partial charge in [-0.15, -0.1) is 0 Å². The van der Waals surface area contributed by atoms with Crippen LogP contribution in [0.2, 0.25) is 0 Å². The van der Waals surface area contributed by atoms with Crippen LogP contribution in [0.15, 0.2) is 79.0 Å². The van der Waals surface area contributed by atoms with E-state index in [9.17, 15) is 9.59 Å². The molecule has 0 aliphatic carbocycles. The number of carbonyl (C=O) groups is 2. The van der Waals surface area contributed by atoms with Crippen LogP contribution in [-0.2, 0) is 11.3 Å². The average Bonchev–Trinajstić information content (AvgIpc) is 3.26. The summed E-state index contributed by atoms with van der Waals surface area (Å²) in [5.41, 5.74) is 3.70. The fraction of sp³-hybridized carbons (Fsp3) is 0.167. The van der Waals surface area contributed by atoms with Gasteiger partial charge in [-0.1, -0.05) is 42.5 Å². The second-order valence-electron chi connectivity index (χ2n) is 7.01. The zero-order chi connectivity index (χ0) is 20.2. The van der Waals surface area contributed by atoms with Crippen molar-refractivity contribution in [3.63, 3.8) is 0 Å². The molecule has 0 fully saturated rings. The van der Waals surface area contributed by atoms with Crippen molar-refractivity contribution in [2.24, 2.45) is 0 Å². The Kier molecular flexibility index (Phi) is 5.29. The molecule has 4 rings (SSSR count). The Balaban J connectivity index is 1.57. The van der Waals surface area contributed by atoms with Crippen molar-refractivity contribution in [1.82, 2.24) is 14.8 Å². The molecule has 3 aromatic rings. The molecule has 1 atom stereocenters. The van der Waals surface area contributed by atoms with E-state index in [2.05, 4.69) is 34.3 Å². The van der Waals surface area contributed by atoms with E-state index in [0.29, 0.717) is 12.1 Å². The molecule has 0 saturated carbocycles. The summed E-state index contributed by atoms with van der Waals surface area (Å²) in [4.78, 5) is 26.6. The van der Waals surface area contributed by atoms with Crippen LogP contribution in [0.1, 0.15) is 33.2 Å². The monoisotopic (exact) mass is 385 g/mol. The number of fused-ring (bicyclic) bond motifs is 1. The normalized spacial score (nSPS) is 15.9. The maximum Gasteiger partial charge on any atom is 0.251 e. The number of hydrogen-bond acceptors (Lipinski definition) is 2. The Bertz CT molecular complexity index is 1040. The largest absolute Gasteiger partial charge is 0.355 e. The molecular formula is C24H23N3O2. The van der Waals surface area contributed by atoms with E-state index in [4.69, 9.17) is 0 Å². The molecule has 1 aliphatic heterocycles. The first-order chi connectivity index (χ1) is 14.2. The van der Waals surface area contributed by atoms with E-state index in [1.54, 1.807) is 31.3 Å². The van der Waals surface area contributed by atoms with Gasteiger partial charge < -0.3 is 14.8 Å². The number of amides is 2. The van der Waals surface area contributed by atoms with Crippen LogP contribution in [-0.4, -0.2) is 34.9 Å². The predicted octanol–water partition coefficient (Wildman–Crippen LogP) is 3.49. The van der Waals surface area contributed by atoms with Crippen LogP contribution in [0.3, 0.4) is 0 Å². The van der Waals surface area contributed by atoms with Crippen LogP contribution in [0.4, 0.5) is 0 Å². The van der Waals surface area contributed by atoms with Crippen molar-refractivity contribution >= 4 is 17.9 Å². The summed E-state index contributed by atoms with van der Waals surface area (Å²) in [6.45, 7) is 1.44. The van der Waals surface area contributed by atoms with Crippen LogP contribution in [0.5, 0.6) is 0 Å². The third-order valence-corrected chi connectivity index (χ3v) is 5.25. The summed E-state index contributed by atoms with van der Waals surface area (Å²) in [6.07, 6.45) is 5.48. The van der Waals surface area contributed by atoms with E-state index in [-0.39, 0.29) is 17.9 Å². The van der Waals surface area contributed by atoms with Crippen LogP contribution < -0.4 is 5.32 Å². The minimum atomic E-state index is -0.126. The zero-order valence-electron chi connectivity index (χ0n) is 16.3. The molecule has 2 heterocycles. The summed E-state index contributed by atoms with van der Waals surface area (Å²) in [5.74, 6) is -0.152. The number of nitrogens with one attached hydrogen (secondary N) is 1. The molecule has 1 unspecified atom stereocenters. The van der Waals surface area contributed by atoms with Crippen molar-refractivity contribution in [2.45, 2.75) is 12.6 Å². The Labute approximate surface area is 170 Å². The van der Waals surface area contributed by atoms with E-state index in [0.717, 1.165) is 23.4 Å². The molecule has 5 nitrogen and oxygen atoms in total. The van der Waals surface area contributed by atoms with E-state index < -0.39 is 0 Å². The molecule has 0 spiro atoms. The van der Waals surface area contributed by atoms with E-state index in [1.807, 2.05) is 41.3 Å². The second kappa shape index (κ2) is 8.19. The van der Waals surface area contributed by atoms with Crippen LogP contribution in [0.25, 0.3) is 6.08 Å². The van der Waals surface area contributed by atoms with Gasteiger partial charge in [0.05, 0.1) is 6.04 Å². The highest BCUT2D eigenvalue weighted by Gasteiger charge is 2.30. The van der Waals surface area contributed by atoms with Gasteiger partial charge in [-0.25, -0.2) is 0 Å². The lowest BCUT2D eigenvalue weighted by Gasteiger charge is -2.36. The molecule has 0 radical (unpaired) electrons. The quantitative estimate of drug-likeness (QED) is 0.699. The van der Waals surface area contributed by atoms with Crippen molar-refractivity contribution in [3.05, 3.63) is 101 Å². The third-order valence-electron chi connectivity index (χ3n) is 5.25. The van der Waals surface area contributed by atoms with Crippen molar-refractivity contribution < 1.29 is 9.59 Å². The van der Waals surface area contributed by atoms with Gasteiger partial charge in [-0.2, -0.15) is 0 Å². The molecule has 2 amide bonds. The summed E-state index contributed by atoms with van der Waals surface area (Å²) in [7, 11) is 1.60. The lowest BCUT2D eigenvalue weighted by atomic mass is 9.99. The molecule has 0 bridgehead atoms. The van der Waals surface area contributed by atoms with Gasteiger partial charge in [-0.3, -0.25) is 9.59 Å². The minimum absolute atomic E-state index is 0.0262. The summed E-state index contributed by atoms with van der Waals surface area (Å²) in [5, 5.41) is 2.60. The predicted molar refractivity (Wildman–Crippen MR) is 113 cm³/mol. The maximum absolute atomic E-state index is 13.1. The Morgan fingerprint density at radius 1 is 0.966 bits per heavy atom. The molecule has 29 heavy (non-hydrogen) atoms. The molecule has 2 aromatic carbocycles. The first kappa shape index (κ1) is 18.7. The fourth-order valence-electron chi connectivity index (χ4n) is 3.76. The minimum Gasteiger partial charge on any atom is -0.355 e. The molecular weight excluding hydrogens is 362 g/mol. The molecule has 1 aromatic heterocycles. The Hall–Kier alpha value is -3.60. The van der Waals surface area contributed by atoms with Gasteiger partial charge in [0.1, 0.15) is 0 Å². The molecule has 0 saturated heterocycles. The van der Waals surface area contributed by atoms with Crippen molar-refractivity contribution in [2.75, 3.05) is 13.6 Å². The molecule has 1 aliphatic rings. The first-order valence-electron chi connectivity index (χ1n) is 9.68. The van der Waals surface area contributed by atoms with Gasteiger partial charge in [0.2, 0.25) is 5.91 Å². The highest BCUT2D eigenvalue weighted by atomic mass is 16.2. The SMILES string of the molecule is CNC(=O)c1ccc(/C=C/C(=O)N2CCn3cccc3C2c2ccccc2)cc1. The summed E-state index contributed by atoms with van der Waals surface area (Å²) in [6, 6.07) is 21.3. The Morgan fingerprint density at radius 2 is 1.72 bits per heavy atom. The maximum atomic E-state index is 13.1. The van der Waals surface area contributed by atoms with Crippen molar-refractivity contribution in [3.8, 4) is 0 Å². The number of benzene rings is 2. The van der Waals surface area contributed by atoms with Gasteiger partial charge >= 0.3 is 0 Å². The topological polar surface area (TPSA) is 54.3 Å². The van der Waals surface area contributed by atoms with Gasteiger partial charge in [-0.05, 0) is 41.5 Å². The number of hydrogen-bond donors (Lipinski definition) is 1. The Morgan fingerprint density at radius 3 is 2.45 bits per heavy atom. The van der Waals surface area contributed by atoms with E-state index >= 15 is 0 Å². The van der Waals surface area contributed by atoms with Crippen LogP contribution >= 0.6 is 0 Å². The lowest BCUT2D eigenvalue weighted by molar-refractivity contribution is -0.128. The molecule has 1 N–H and O–H groups in total. The number of rotatable bonds is 4. The highest BCUT2D eigenvalue weighted by Crippen LogP contribution is 2.32. The molecule has 5 heteroatoms. The molecule has 146 valence electrons. The zero-order valence-corrected chi connectivity index (χ0v) is 16.3. The standard InChI is InChI=1S/C24H23N3O2/c1-25-24(29)20-12-9-18(10-13-20)11-14-22(28)27-17-16-26-15-5-8-21(26)23(27)19-6-3-2-4-7-19/h2-15,23H,16-17H2,1H3,(H,25,29)/b14-11+. The summed E-state index contributed by atoms with van der Waals surface area (Å²) < 4.78 is 2.21. The number of nitrogens with zero attached hydrogens (tertiary/aromatic N) is 2. The fourth-order valence-corrected chi connectivity index (χ4v) is 3.76. The average molecular weight is 385 g/mol. The smallest absolute Gasteiger partial charge is 0.251 e. The number of carbonyl (C=O) groups excluding carboxylic acids is 2. The number of aromatic nitrogens is 1.